The molecule has 46 heavy (non-hydrogen) atoms. The van der Waals surface area contributed by atoms with Crippen molar-refractivity contribution in [2.24, 2.45) is 11.8 Å². The number of aliphatic hydroxyl groups excluding tert-OH is 1. The van der Waals surface area contributed by atoms with Gasteiger partial charge < -0.3 is 24.6 Å². The van der Waals surface area contributed by atoms with Crippen LogP contribution in [0.5, 0.6) is 0 Å². The van der Waals surface area contributed by atoms with E-state index in [2.05, 4.69) is 29.0 Å². The average molecular weight is 634 g/mol. The van der Waals surface area contributed by atoms with Crippen LogP contribution in [0, 0.1) is 11.8 Å². The van der Waals surface area contributed by atoms with Crippen LogP contribution in [-0.2, 0) is 25.6 Å². The SMILES string of the molecule is C=CCOC(=O)Nc1cccc([C@H]2O[C@@H](CN3[C@@H](C(=O)NC(C)(C)C)CC[C@H]4CCCC[C@H]43)[C@@H](C)[C@@H](c3ccc(CO)cc3)O2)c1. The van der Waals surface area contributed by atoms with Crippen LogP contribution in [-0.4, -0.2) is 58.9 Å². The van der Waals surface area contributed by atoms with Crippen LogP contribution in [0.1, 0.15) is 95.3 Å². The number of hydrogen-bond donors (Lipinski definition) is 3. The molecule has 9 heteroatoms. The minimum Gasteiger partial charge on any atom is -0.445 e. The van der Waals surface area contributed by atoms with Crippen LogP contribution in [0.2, 0.25) is 0 Å². The van der Waals surface area contributed by atoms with Gasteiger partial charge in [0.2, 0.25) is 5.91 Å². The van der Waals surface area contributed by atoms with E-state index in [0.29, 0.717) is 24.2 Å². The van der Waals surface area contributed by atoms with Crippen molar-refractivity contribution < 1.29 is 28.9 Å². The van der Waals surface area contributed by atoms with Gasteiger partial charge in [-0.25, -0.2) is 4.79 Å². The Hall–Kier alpha value is -3.24. The molecule has 5 rings (SSSR count). The van der Waals surface area contributed by atoms with Crippen LogP contribution in [0.4, 0.5) is 10.5 Å². The molecule has 2 aromatic rings. The lowest BCUT2D eigenvalue weighted by molar-refractivity contribution is -0.278. The molecule has 9 nitrogen and oxygen atoms in total. The Balaban J connectivity index is 1.45. The van der Waals surface area contributed by atoms with Gasteiger partial charge in [-0.15, -0.1) is 0 Å². The molecule has 250 valence electrons. The largest absolute Gasteiger partial charge is 0.445 e. The van der Waals surface area contributed by atoms with Gasteiger partial charge in [-0.3, -0.25) is 15.0 Å². The Labute approximate surface area is 273 Å². The van der Waals surface area contributed by atoms with Crippen molar-refractivity contribution in [3.05, 3.63) is 77.9 Å². The average Bonchev–Trinajstić information content (AvgIpc) is 3.04. The summed E-state index contributed by atoms with van der Waals surface area (Å²) in [5, 5.41) is 15.7. The minimum atomic E-state index is -0.705. The summed E-state index contributed by atoms with van der Waals surface area (Å²) in [6.45, 7) is 12.5. The number of likely N-dealkylation sites (tertiary alicyclic amines) is 1. The summed E-state index contributed by atoms with van der Waals surface area (Å²) < 4.78 is 18.6. The van der Waals surface area contributed by atoms with Gasteiger partial charge in [-0.05, 0) is 75.6 Å². The van der Waals surface area contributed by atoms with E-state index in [-0.39, 0.29) is 48.8 Å². The highest BCUT2D eigenvalue weighted by Gasteiger charge is 2.46. The van der Waals surface area contributed by atoms with Gasteiger partial charge in [0.05, 0.1) is 24.9 Å². The molecular weight excluding hydrogens is 582 g/mol. The first-order valence-electron chi connectivity index (χ1n) is 16.8. The summed E-state index contributed by atoms with van der Waals surface area (Å²) in [4.78, 5) is 28.5. The Morgan fingerprint density at radius 2 is 1.80 bits per heavy atom. The highest BCUT2D eigenvalue weighted by Crippen LogP contribution is 2.44. The number of nitrogens with one attached hydrogen (secondary N) is 2. The molecule has 2 saturated heterocycles. The summed E-state index contributed by atoms with van der Waals surface area (Å²) in [6, 6.07) is 15.4. The number of rotatable bonds is 9. The summed E-state index contributed by atoms with van der Waals surface area (Å²) in [7, 11) is 0. The van der Waals surface area contributed by atoms with Crippen molar-refractivity contribution in [1.82, 2.24) is 10.2 Å². The lowest BCUT2D eigenvalue weighted by Gasteiger charge is -2.51. The molecule has 3 aliphatic rings. The van der Waals surface area contributed by atoms with Crippen molar-refractivity contribution in [1.29, 1.82) is 0 Å². The van der Waals surface area contributed by atoms with Gasteiger partial charge in [0.15, 0.2) is 6.29 Å². The number of anilines is 1. The topological polar surface area (TPSA) is 109 Å². The number of fused-ring (bicyclic) bond motifs is 1. The number of amides is 2. The predicted molar refractivity (Wildman–Crippen MR) is 178 cm³/mol. The van der Waals surface area contributed by atoms with Gasteiger partial charge in [0, 0.05) is 35.3 Å². The van der Waals surface area contributed by atoms with Crippen LogP contribution < -0.4 is 10.6 Å². The number of aliphatic hydroxyl groups is 1. The van der Waals surface area contributed by atoms with Crippen LogP contribution >= 0.6 is 0 Å². The molecule has 7 atom stereocenters. The Morgan fingerprint density at radius 1 is 1.04 bits per heavy atom. The second kappa shape index (κ2) is 15.1. The van der Waals surface area contributed by atoms with Crippen molar-refractivity contribution in [2.75, 3.05) is 18.5 Å². The number of hydrogen-bond acceptors (Lipinski definition) is 7. The molecule has 3 fully saturated rings. The van der Waals surface area contributed by atoms with E-state index >= 15 is 0 Å². The molecule has 0 radical (unpaired) electrons. The lowest BCUT2D eigenvalue weighted by atomic mass is 9.75. The first kappa shape index (κ1) is 34.1. The minimum absolute atomic E-state index is 0.0262. The number of benzene rings is 2. The summed E-state index contributed by atoms with van der Waals surface area (Å²) in [6.07, 6.45) is 6.35. The first-order valence-corrected chi connectivity index (χ1v) is 16.8. The number of carbonyl (C=O) groups excluding carboxylic acids is 2. The fourth-order valence-corrected chi connectivity index (χ4v) is 7.32. The second-order valence-electron chi connectivity index (χ2n) is 14.1. The molecule has 2 aromatic carbocycles. The Kier molecular flexibility index (Phi) is 11.2. The third-order valence-corrected chi connectivity index (χ3v) is 9.56. The molecule has 0 unspecified atom stereocenters. The van der Waals surface area contributed by atoms with Crippen LogP contribution in [0.15, 0.2) is 61.2 Å². The molecule has 2 heterocycles. The first-order chi connectivity index (χ1) is 22.1. The zero-order chi connectivity index (χ0) is 32.8. The molecule has 0 spiro atoms. The number of nitrogens with zero attached hydrogens (tertiary/aromatic N) is 1. The van der Waals surface area contributed by atoms with E-state index in [1.54, 1.807) is 6.07 Å². The van der Waals surface area contributed by atoms with E-state index in [1.165, 1.54) is 25.3 Å². The van der Waals surface area contributed by atoms with Crippen LogP contribution in [0.25, 0.3) is 0 Å². The number of piperidine rings is 1. The van der Waals surface area contributed by atoms with Gasteiger partial charge in [0.25, 0.3) is 0 Å². The zero-order valence-corrected chi connectivity index (χ0v) is 27.7. The third kappa shape index (κ3) is 8.37. The third-order valence-electron chi connectivity index (χ3n) is 9.56. The molecule has 1 aliphatic carbocycles. The Bertz CT molecular complexity index is 1340. The fraction of sp³-hybridized carbons (Fsp3) is 0.568. The van der Waals surface area contributed by atoms with Crippen molar-refractivity contribution in [3.8, 4) is 0 Å². The molecule has 3 N–H and O–H groups in total. The lowest BCUT2D eigenvalue weighted by Crippen LogP contribution is -2.61. The van der Waals surface area contributed by atoms with Crippen molar-refractivity contribution >= 4 is 17.7 Å². The zero-order valence-electron chi connectivity index (χ0n) is 27.7. The van der Waals surface area contributed by atoms with E-state index in [4.69, 9.17) is 14.2 Å². The van der Waals surface area contributed by atoms with Crippen molar-refractivity contribution in [2.45, 2.75) is 109 Å². The fourth-order valence-electron chi connectivity index (χ4n) is 7.32. The molecule has 2 aliphatic heterocycles. The highest BCUT2D eigenvalue weighted by atomic mass is 16.7. The monoisotopic (exact) mass is 633 g/mol. The second-order valence-corrected chi connectivity index (χ2v) is 14.1. The molecule has 1 saturated carbocycles. The quantitative estimate of drug-likeness (QED) is 0.266. The molecule has 0 bridgehead atoms. The van der Waals surface area contributed by atoms with E-state index < -0.39 is 12.4 Å². The summed E-state index contributed by atoms with van der Waals surface area (Å²) >= 11 is 0. The summed E-state index contributed by atoms with van der Waals surface area (Å²) in [5.41, 5.74) is 2.86. The van der Waals surface area contributed by atoms with Crippen molar-refractivity contribution in [3.63, 3.8) is 0 Å². The van der Waals surface area contributed by atoms with E-state index in [0.717, 1.165) is 36.0 Å². The predicted octanol–water partition coefficient (Wildman–Crippen LogP) is 6.64. The Morgan fingerprint density at radius 3 is 2.52 bits per heavy atom. The molecular formula is C37H51N3O6. The number of ether oxygens (including phenoxy) is 3. The summed E-state index contributed by atoms with van der Waals surface area (Å²) in [5.74, 6) is 0.650. The number of carbonyl (C=O) groups is 2. The molecule has 0 aromatic heterocycles. The van der Waals surface area contributed by atoms with E-state index in [1.807, 2.05) is 63.2 Å². The van der Waals surface area contributed by atoms with Crippen LogP contribution in [0.3, 0.4) is 0 Å². The van der Waals surface area contributed by atoms with Gasteiger partial charge in [0.1, 0.15) is 6.61 Å². The standard InChI is InChI=1S/C37H51N3O6/c1-6-20-44-36(43)38-29-12-9-11-28(21-29)35-45-32(24(2)33(46-35)27-16-14-25(23-41)15-17-27)22-40-30-13-8-7-10-26(30)18-19-31(40)34(42)39-37(3,4)5/h6,9,11-12,14-17,21,24,26,30-33,35,41H,1,7-8,10,13,18-20,22-23H2,2-5H3,(H,38,43)(H,39,42)/t24-,26-,30-,31-,32+,33+,35+/m1/s1. The normalized spacial score (nSPS) is 28.5. The maximum Gasteiger partial charge on any atom is 0.411 e. The molecule has 2 amide bonds. The van der Waals surface area contributed by atoms with Gasteiger partial charge in [-0.2, -0.15) is 0 Å². The maximum atomic E-state index is 13.8. The highest BCUT2D eigenvalue weighted by molar-refractivity contribution is 5.84. The smallest absolute Gasteiger partial charge is 0.411 e. The van der Waals surface area contributed by atoms with Gasteiger partial charge in [-0.1, -0.05) is 68.8 Å². The van der Waals surface area contributed by atoms with E-state index in [9.17, 15) is 14.7 Å². The maximum absolute atomic E-state index is 13.8. The van der Waals surface area contributed by atoms with Gasteiger partial charge >= 0.3 is 6.09 Å².